The van der Waals surface area contributed by atoms with Gasteiger partial charge in [-0.1, -0.05) is 13.3 Å². The van der Waals surface area contributed by atoms with Gasteiger partial charge in [0, 0.05) is 12.6 Å². The highest BCUT2D eigenvalue weighted by molar-refractivity contribution is 7.89. The summed E-state index contributed by atoms with van der Waals surface area (Å²) in [6.45, 7) is 3.21. The van der Waals surface area contributed by atoms with E-state index >= 15 is 0 Å². The predicted octanol–water partition coefficient (Wildman–Crippen LogP) is 0.929. The van der Waals surface area contributed by atoms with E-state index in [2.05, 4.69) is 6.92 Å². The van der Waals surface area contributed by atoms with Crippen LogP contribution in [0.15, 0.2) is 0 Å². The van der Waals surface area contributed by atoms with E-state index in [9.17, 15) is 8.42 Å². The van der Waals surface area contributed by atoms with E-state index in [0.717, 1.165) is 25.7 Å². The van der Waals surface area contributed by atoms with Crippen molar-refractivity contribution < 1.29 is 8.42 Å². The molecule has 15 heavy (non-hydrogen) atoms. The zero-order valence-corrected chi connectivity index (χ0v) is 10.3. The van der Waals surface area contributed by atoms with Crippen molar-refractivity contribution in [2.45, 2.75) is 45.1 Å². The highest BCUT2D eigenvalue weighted by Gasteiger charge is 2.30. The molecule has 1 heterocycles. The summed E-state index contributed by atoms with van der Waals surface area (Å²) >= 11 is 0. The molecule has 1 fully saturated rings. The number of rotatable bonds is 5. The summed E-state index contributed by atoms with van der Waals surface area (Å²) in [7, 11) is -3.05. The van der Waals surface area contributed by atoms with E-state index in [4.69, 9.17) is 5.73 Å². The summed E-state index contributed by atoms with van der Waals surface area (Å²) in [6.07, 6.45) is 4.65. The summed E-state index contributed by atoms with van der Waals surface area (Å²) in [4.78, 5) is 0. The van der Waals surface area contributed by atoms with E-state index in [-0.39, 0.29) is 11.8 Å². The largest absolute Gasteiger partial charge is 0.330 e. The Labute approximate surface area is 92.9 Å². The summed E-state index contributed by atoms with van der Waals surface area (Å²) < 4.78 is 25.7. The normalized spacial score (nSPS) is 24.3. The second-order valence-electron chi connectivity index (χ2n) is 4.13. The minimum absolute atomic E-state index is 0.208. The van der Waals surface area contributed by atoms with Crippen LogP contribution in [0.2, 0.25) is 0 Å². The molecule has 4 nitrogen and oxygen atoms in total. The van der Waals surface area contributed by atoms with Crippen molar-refractivity contribution >= 4 is 10.0 Å². The smallest absolute Gasteiger partial charge is 0.214 e. The molecule has 1 atom stereocenters. The lowest BCUT2D eigenvalue weighted by Crippen LogP contribution is -2.44. The molecule has 0 aliphatic carbocycles. The van der Waals surface area contributed by atoms with Crippen LogP contribution in [0.1, 0.15) is 39.0 Å². The lowest BCUT2D eigenvalue weighted by Gasteiger charge is -2.34. The first-order chi connectivity index (χ1) is 7.11. The lowest BCUT2D eigenvalue weighted by molar-refractivity contribution is 0.246. The topological polar surface area (TPSA) is 63.4 Å². The fraction of sp³-hybridized carbons (Fsp3) is 1.00. The molecule has 0 spiro atoms. The molecule has 1 aliphatic heterocycles. The van der Waals surface area contributed by atoms with Crippen molar-refractivity contribution in [3.05, 3.63) is 0 Å². The maximum absolute atomic E-state index is 12.0. The van der Waals surface area contributed by atoms with Crippen LogP contribution in [0.25, 0.3) is 0 Å². The van der Waals surface area contributed by atoms with Gasteiger partial charge in [-0.15, -0.1) is 0 Å². The van der Waals surface area contributed by atoms with Crippen LogP contribution in [-0.4, -0.2) is 37.6 Å². The monoisotopic (exact) mass is 234 g/mol. The molecule has 90 valence electrons. The third-order valence-electron chi connectivity index (χ3n) is 3.01. The van der Waals surface area contributed by atoms with Gasteiger partial charge in [0.25, 0.3) is 0 Å². The Bertz CT molecular complexity index is 277. The van der Waals surface area contributed by atoms with Crippen molar-refractivity contribution in [2.24, 2.45) is 5.73 Å². The molecule has 0 aromatic heterocycles. The lowest BCUT2D eigenvalue weighted by atomic mass is 10.0. The van der Waals surface area contributed by atoms with E-state index in [1.807, 2.05) is 0 Å². The first-order valence-electron chi connectivity index (χ1n) is 5.81. The fourth-order valence-corrected chi connectivity index (χ4v) is 4.01. The van der Waals surface area contributed by atoms with Gasteiger partial charge in [0.2, 0.25) is 10.0 Å². The van der Waals surface area contributed by atoms with Gasteiger partial charge in [-0.2, -0.15) is 4.31 Å². The molecule has 0 aromatic carbocycles. The van der Waals surface area contributed by atoms with Crippen LogP contribution < -0.4 is 5.73 Å². The van der Waals surface area contributed by atoms with Gasteiger partial charge in [0.15, 0.2) is 0 Å². The first-order valence-corrected chi connectivity index (χ1v) is 7.42. The molecule has 1 aliphatic rings. The molecule has 0 bridgehead atoms. The third kappa shape index (κ3) is 3.43. The van der Waals surface area contributed by atoms with E-state index in [0.29, 0.717) is 19.5 Å². The Morgan fingerprint density at radius 2 is 2.13 bits per heavy atom. The molecule has 0 aromatic rings. The molecule has 1 unspecified atom stereocenters. The quantitative estimate of drug-likeness (QED) is 0.769. The highest BCUT2D eigenvalue weighted by atomic mass is 32.2. The minimum atomic E-state index is -3.05. The van der Waals surface area contributed by atoms with Crippen molar-refractivity contribution in [1.29, 1.82) is 0 Å². The maximum atomic E-state index is 12.0. The van der Waals surface area contributed by atoms with Crippen LogP contribution >= 0.6 is 0 Å². The fourth-order valence-electron chi connectivity index (χ4n) is 2.13. The number of hydrogen-bond donors (Lipinski definition) is 1. The van der Waals surface area contributed by atoms with Gasteiger partial charge >= 0.3 is 0 Å². The molecular formula is C10H22N2O2S. The molecule has 1 rings (SSSR count). The molecule has 2 N–H and O–H groups in total. The average molecular weight is 234 g/mol. The van der Waals surface area contributed by atoms with Crippen LogP contribution in [0, 0.1) is 0 Å². The maximum Gasteiger partial charge on any atom is 0.214 e. The molecule has 1 saturated heterocycles. The van der Waals surface area contributed by atoms with Gasteiger partial charge < -0.3 is 5.73 Å². The molecule has 0 amide bonds. The Hall–Kier alpha value is -0.130. The predicted molar refractivity (Wildman–Crippen MR) is 62.1 cm³/mol. The van der Waals surface area contributed by atoms with E-state index < -0.39 is 10.0 Å². The highest BCUT2D eigenvalue weighted by Crippen LogP contribution is 2.22. The Morgan fingerprint density at radius 1 is 1.40 bits per heavy atom. The zero-order valence-electron chi connectivity index (χ0n) is 9.48. The Morgan fingerprint density at radius 3 is 2.73 bits per heavy atom. The summed E-state index contributed by atoms with van der Waals surface area (Å²) in [5.74, 6) is 0.208. The van der Waals surface area contributed by atoms with Crippen molar-refractivity contribution in [2.75, 3.05) is 18.8 Å². The number of hydrogen-bond acceptors (Lipinski definition) is 3. The Kier molecular flexibility index (Phi) is 5.02. The third-order valence-corrected chi connectivity index (χ3v) is 5.01. The SMILES string of the molecule is CCC1CCCCN1S(=O)(=O)CCCN. The standard InChI is InChI=1S/C10H22N2O2S/c1-2-10-6-3-4-8-12(10)15(13,14)9-5-7-11/h10H,2-9,11H2,1H3. The van der Waals surface area contributed by atoms with Gasteiger partial charge in [0.1, 0.15) is 0 Å². The van der Waals surface area contributed by atoms with Gasteiger partial charge in [-0.3, -0.25) is 0 Å². The van der Waals surface area contributed by atoms with Crippen LogP contribution in [0.3, 0.4) is 0 Å². The summed E-state index contributed by atoms with van der Waals surface area (Å²) in [5, 5.41) is 0. The van der Waals surface area contributed by atoms with Crippen molar-refractivity contribution in [1.82, 2.24) is 4.31 Å². The van der Waals surface area contributed by atoms with Crippen molar-refractivity contribution in [3.63, 3.8) is 0 Å². The van der Waals surface area contributed by atoms with Crippen LogP contribution in [-0.2, 0) is 10.0 Å². The average Bonchev–Trinajstić information content (AvgIpc) is 2.26. The number of nitrogens with two attached hydrogens (primary N) is 1. The Balaban J connectivity index is 2.65. The van der Waals surface area contributed by atoms with E-state index in [1.54, 1.807) is 4.31 Å². The second kappa shape index (κ2) is 5.82. The van der Waals surface area contributed by atoms with E-state index in [1.165, 1.54) is 0 Å². The number of nitrogens with zero attached hydrogens (tertiary/aromatic N) is 1. The van der Waals surface area contributed by atoms with Crippen molar-refractivity contribution in [3.8, 4) is 0 Å². The van der Waals surface area contributed by atoms with Gasteiger partial charge in [-0.05, 0) is 32.2 Å². The molecule has 0 radical (unpaired) electrons. The zero-order chi connectivity index (χ0) is 11.3. The van der Waals surface area contributed by atoms with Crippen LogP contribution in [0.4, 0.5) is 0 Å². The molecular weight excluding hydrogens is 212 g/mol. The first kappa shape index (κ1) is 12.9. The summed E-state index contributed by atoms with van der Waals surface area (Å²) in [5.41, 5.74) is 5.35. The van der Waals surface area contributed by atoms with Crippen LogP contribution in [0.5, 0.6) is 0 Å². The minimum Gasteiger partial charge on any atom is -0.330 e. The molecule has 0 saturated carbocycles. The second-order valence-corrected chi connectivity index (χ2v) is 6.17. The van der Waals surface area contributed by atoms with Gasteiger partial charge in [0.05, 0.1) is 5.75 Å². The summed E-state index contributed by atoms with van der Waals surface area (Å²) in [6, 6.07) is 0.224. The molecule has 5 heteroatoms. The van der Waals surface area contributed by atoms with Gasteiger partial charge in [-0.25, -0.2) is 8.42 Å². The number of piperidine rings is 1. The number of sulfonamides is 1.